The molecule has 154 valence electrons. The van der Waals surface area contributed by atoms with E-state index in [9.17, 15) is 9.59 Å². The van der Waals surface area contributed by atoms with E-state index in [2.05, 4.69) is 10.5 Å². The highest BCUT2D eigenvalue weighted by Gasteiger charge is 2.35. The van der Waals surface area contributed by atoms with Crippen LogP contribution in [0.15, 0.2) is 59.1 Å². The molecule has 2 heterocycles. The first kappa shape index (κ1) is 19.7. The number of hydrogen-bond donors (Lipinski definition) is 1. The van der Waals surface area contributed by atoms with Gasteiger partial charge in [0.1, 0.15) is 11.4 Å². The van der Waals surface area contributed by atoms with Crippen LogP contribution >= 0.6 is 0 Å². The molecule has 0 aliphatic carbocycles. The second kappa shape index (κ2) is 8.41. The number of carbonyl (C=O) groups is 2. The number of rotatable bonds is 6. The molecular formula is C23H23N3O4. The lowest BCUT2D eigenvalue weighted by atomic mass is 10.1. The zero-order chi connectivity index (χ0) is 21.1. The van der Waals surface area contributed by atoms with E-state index >= 15 is 0 Å². The van der Waals surface area contributed by atoms with Gasteiger partial charge >= 0.3 is 0 Å². The summed E-state index contributed by atoms with van der Waals surface area (Å²) in [5.41, 5.74) is 3.46. The van der Waals surface area contributed by atoms with Gasteiger partial charge in [0, 0.05) is 36.3 Å². The molecule has 4 rings (SSSR count). The molecule has 0 bridgehead atoms. The van der Waals surface area contributed by atoms with Crippen LogP contribution in [0.1, 0.15) is 17.7 Å². The Bertz CT molecular complexity index is 1060. The Kier molecular flexibility index (Phi) is 5.52. The zero-order valence-electron chi connectivity index (χ0n) is 16.9. The summed E-state index contributed by atoms with van der Waals surface area (Å²) in [5.74, 6) is 0.662. The Hall–Kier alpha value is -3.61. The predicted octanol–water partition coefficient (Wildman–Crippen LogP) is 3.33. The Morgan fingerprint density at radius 3 is 2.80 bits per heavy atom. The van der Waals surface area contributed by atoms with Crippen LogP contribution in [0.25, 0.3) is 11.3 Å². The van der Waals surface area contributed by atoms with Crippen LogP contribution in [0.3, 0.4) is 0 Å². The standard InChI is InChI=1S/C23H23N3O4/c1-15-6-8-16(9-7-15)21-11-18(25-30-21)13-24-23(28)17-10-22(27)26(14-17)19-4-3-5-20(12-19)29-2/h3-9,11-12,17H,10,13-14H2,1-2H3,(H,24,28). The molecule has 1 aliphatic heterocycles. The first-order valence-electron chi connectivity index (χ1n) is 9.78. The third-order valence-electron chi connectivity index (χ3n) is 5.20. The quantitative estimate of drug-likeness (QED) is 0.680. The van der Waals surface area contributed by atoms with Gasteiger partial charge in [-0.25, -0.2) is 0 Å². The number of ether oxygens (including phenoxy) is 1. The highest BCUT2D eigenvalue weighted by Crippen LogP contribution is 2.28. The van der Waals surface area contributed by atoms with E-state index in [0.717, 1.165) is 11.3 Å². The smallest absolute Gasteiger partial charge is 0.227 e. The number of aryl methyl sites for hydroxylation is 1. The number of benzene rings is 2. The lowest BCUT2D eigenvalue weighted by molar-refractivity contribution is -0.126. The summed E-state index contributed by atoms with van der Waals surface area (Å²) in [4.78, 5) is 26.7. The molecule has 1 aliphatic rings. The Morgan fingerprint density at radius 1 is 1.23 bits per heavy atom. The van der Waals surface area contributed by atoms with Gasteiger partial charge in [-0.15, -0.1) is 0 Å². The normalized spacial score (nSPS) is 16.0. The lowest BCUT2D eigenvalue weighted by Gasteiger charge is -2.17. The third kappa shape index (κ3) is 4.20. The van der Waals surface area contributed by atoms with E-state index in [-0.39, 0.29) is 24.8 Å². The van der Waals surface area contributed by atoms with E-state index in [1.807, 2.05) is 55.5 Å². The van der Waals surface area contributed by atoms with Crippen LogP contribution in [0.2, 0.25) is 0 Å². The van der Waals surface area contributed by atoms with Crippen LogP contribution in [-0.4, -0.2) is 30.6 Å². The van der Waals surface area contributed by atoms with E-state index in [4.69, 9.17) is 9.26 Å². The molecule has 0 saturated carbocycles. The van der Waals surface area contributed by atoms with Crippen molar-refractivity contribution in [1.29, 1.82) is 0 Å². The Morgan fingerprint density at radius 2 is 2.03 bits per heavy atom. The average molecular weight is 405 g/mol. The average Bonchev–Trinajstić information content (AvgIpc) is 3.39. The highest BCUT2D eigenvalue weighted by atomic mass is 16.5. The fraction of sp³-hybridized carbons (Fsp3) is 0.261. The van der Waals surface area contributed by atoms with Crippen molar-refractivity contribution in [2.24, 2.45) is 5.92 Å². The molecule has 1 aromatic heterocycles. The van der Waals surface area contributed by atoms with Crippen molar-refractivity contribution in [1.82, 2.24) is 10.5 Å². The molecule has 1 unspecified atom stereocenters. The monoisotopic (exact) mass is 405 g/mol. The fourth-order valence-corrected chi connectivity index (χ4v) is 3.48. The summed E-state index contributed by atoms with van der Waals surface area (Å²) in [5, 5.41) is 6.89. The predicted molar refractivity (Wildman–Crippen MR) is 112 cm³/mol. The van der Waals surface area contributed by atoms with Crippen molar-refractivity contribution in [3.05, 3.63) is 65.9 Å². The number of nitrogens with zero attached hydrogens (tertiary/aromatic N) is 2. The molecule has 1 atom stereocenters. The summed E-state index contributed by atoms with van der Waals surface area (Å²) < 4.78 is 10.6. The number of nitrogens with one attached hydrogen (secondary N) is 1. The fourth-order valence-electron chi connectivity index (χ4n) is 3.48. The van der Waals surface area contributed by atoms with Gasteiger partial charge in [-0.1, -0.05) is 41.1 Å². The third-order valence-corrected chi connectivity index (χ3v) is 5.20. The number of carbonyl (C=O) groups excluding carboxylic acids is 2. The first-order valence-corrected chi connectivity index (χ1v) is 9.78. The van der Waals surface area contributed by atoms with Crippen molar-refractivity contribution >= 4 is 17.5 Å². The van der Waals surface area contributed by atoms with Crippen LogP contribution in [0.4, 0.5) is 5.69 Å². The molecule has 30 heavy (non-hydrogen) atoms. The van der Waals surface area contributed by atoms with Crippen molar-refractivity contribution in [3.8, 4) is 17.1 Å². The highest BCUT2D eigenvalue weighted by molar-refractivity contribution is 6.00. The molecule has 0 spiro atoms. The number of hydrogen-bond acceptors (Lipinski definition) is 5. The van der Waals surface area contributed by atoms with Gasteiger partial charge in [0.15, 0.2) is 5.76 Å². The van der Waals surface area contributed by atoms with Crippen LogP contribution in [0, 0.1) is 12.8 Å². The molecule has 0 radical (unpaired) electrons. The van der Waals surface area contributed by atoms with Gasteiger partial charge in [-0.05, 0) is 19.1 Å². The van der Waals surface area contributed by atoms with E-state index < -0.39 is 5.92 Å². The molecule has 2 amide bonds. The number of methoxy groups -OCH3 is 1. The SMILES string of the molecule is COc1cccc(N2CC(C(=O)NCc3cc(-c4ccc(C)cc4)on3)CC2=O)c1. The van der Waals surface area contributed by atoms with E-state index in [0.29, 0.717) is 23.7 Å². The lowest BCUT2D eigenvalue weighted by Crippen LogP contribution is -2.32. The van der Waals surface area contributed by atoms with Gasteiger partial charge in [-0.3, -0.25) is 9.59 Å². The molecular weight excluding hydrogens is 382 g/mol. The van der Waals surface area contributed by atoms with Crippen molar-refractivity contribution in [2.75, 3.05) is 18.6 Å². The Labute approximate surface area is 174 Å². The minimum absolute atomic E-state index is 0.0773. The van der Waals surface area contributed by atoms with E-state index in [1.165, 1.54) is 5.56 Å². The molecule has 3 aromatic rings. The molecule has 1 saturated heterocycles. The number of amides is 2. The molecule has 7 nitrogen and oxygen atoms in total. The minimum atomic E-state index is -0.410. The molecule has 1 N–H and O–H groups in total. The van der Waals surface area contributed by atoms with Crippen LogP contribution in [0.5, 0.6) is 5.75 Å². The zero-order valence-corrected chi connectivity index (χ0v) is 16.9. The largest absolute Gasteiger partial charge is 0.497 e. The van der Waals surface area contributed by atoms with Gasteiger partial charge in [-0.2, -0.15) is 0 Å². The summed E-state index contributed by atoms with van der Waals surface area (Å²) in [7, 11) is 1.58. The summed E-state index contributed by atoms with van der Waals surface area (Å²) in [6.07, 6.45) is 0.177. The number of anilines is 1. The molecule has 2 aromatic carbocycles. The van der Waals surface area contributed by atoms with Crippen LogP contribution in [-0.2, 0) is 16.1 Å². The van der Waals surface area contributed by atoms with Gasteiger partial charge in [0.2, 0.25) is 11.8 Å². The maximum Gasteiger partial charge on any atom is 0.227 e. The summed E-state index contributed by atoms with van der Waals surface area (Å²) in [6.45, 7) is 2.61. The second-order valence-corrected chi connectivity index (χ2v) is 7.37. The van der Waals surface area contributed by atoms with Gasteiger partial charge < -0.3 is 19.5 Å². The van der Waals surface area contributed by atoms with Crippen LogP contribution < -0.4 is 15.0 Å². The van der Waals surface area contributed by atoms with Crippen molar-refractivity contribution < 1.29 is 18.8 Å². The maximum absolute atomic E-state index is 12.6. The first-order chi connectivity index (χ1) is 14.5. The topological polar surface area (TPSA) is 84.7 Å². The van der Waals surface area contributed by atoms with Gasteiger partial charge in [0.25, 0.3) is 0 Å². The second-order valence-electron chi connectivity index (χ2n) is 7.37. The summed E-state index contributed by atoms with van der Waals surface area (Å²) >= 11 is 0. The van der Waals surface area contributed by atoms with Crippen molar-refractivity contribution in [3.63, 3.8) is 0 Å². The molecule has 1 fully saturated rings. The Balaban J connectivity index is 1.35. The molecule has 7 heteroatoms. The van der Waals surface area contributed by atoms with Gasteiger partial charge in [0.05, 0.1) is 19.6 Å². The van der Waals surface area contributed by atoms with E-state index in [1.54, 1.807) is 18.1 Å². The summed E-state index contributed by atoms with van der Waals surface area (Å²) in [6, 6.07) is 17.0. The minimum Gasteiger partial charge on any atom is -0.497 e. The van der Waals surface area contributed by atoms with Crippen molar-refractivity contribution in [2.45, 2.75) is 19.9 Å². The number of aromatic nitrogens is 1. The maximum atomic E-state index is 12.6.